The van der Waals surface area contributed by atoms with Crippen LogP contribution in [0.2, 0.25) is 0 Å². The Bertz CT molecular complexity index is 946. The molecule has 2 fully saturated rings. The second-order valence-corrected chi connectivity index (χ2v) is 8.69. The lowest BCUT2D eigenvalue weighted by molar-refractivity contribution is -0.181. The van der Waals surface area contributed by atoms with Crippen LogP contribution < -0.4 is 19.3 Å². The minimum absolute atomic E-state index is 0.0484. The highest BCUT2D eigenvalue weighted by atomic mass is 19.4. The van der Waals surface area contributed by atoms with Gasteiger partial charge in [-0.3, -0.25) is 0 Å². The van der Waals surface area contributed by atoms with Gasteiger partial charge in [0.25, 0.3) is 0 Å². The average molecular weight is 468 g/mol. The Morgan fingerprint density at radius 1 is 1.00 bits per heavy atom. The largest absolute Gasteiger partial charge is 0.497 e. The molecule has 0 bridgehead atoms. The molecule has 0 aliphatic carbocycles. The van der Waals surface area contributed by atoms with Gasteiger partial charge < -0.3 is 24.4 Å². The Kier molecular flexibility index (Phi) is 6.61. The van der Waals surface area contributed by atoms with Gasteiger partial charge in [-0.1, -0.05) is 6.92 Å². The van der Waals surface area contributed by atoms with Crippen molar-refractivity contribution in [1.82, 2.24) is 0 Å². The molecular formula is C24H28F4N2O3. The number of benzene rings is 2. The maximum Gasteiger partial charge on any atom is 0.393 e. The molecule has 1 N–H and O–H groups in total. The Hall–Kier alpha value is -2.68. The predicted molar refractivity (Wildman–Crippen MR) is 117 cm³/mol. The molecule has 180 valence electrons. The van der Waals surface area contributed by atoms with E-state index in [1.807, 2.05) is 4.90 Å². The van der Waals surface area contributed by atoms with Crippen molar-refractivity contribution >= 4 is 11.4 Å². The summed E-state index contributed by atoms with van der Waals surface area (Å²) in [5.41, 5.74) is 1.03. The van der Waals surface area contributed by atoms with Crippen molar-refractivity contribution in [2.45, 2.75) is 38.3 Å². The molecule has 9 heteroatoms. The molecular weight excluding hydrogens is 440 g/mol. The molecule has 2 aromatic carbocycles. The zero-order valence-corrected chi connectivity index (χ0v) is 18.6. The summed E-state index contributed by atoms with van der Waals surface area (Å²) in [6, 6.07) is 11.4. The number of ether oxygens (including phenoxy) is 2. The van der Waals surface area contributed by atoms with E-state index in [-0.39, 0.29) is 18.5 Å². The molecule has 0 amide bonds. The van der Waals surface area contributed by atoms with Crippen molar-refractivity contribution < 1.29 is 32.1 Å². The molecule has 0 radical (unpaired) electrons. The van der Waals surface area contributed by atoms with E-state index in [0.29, 0.717) is 48.8 Å². The smallest absolute Gasteiger partial charge is 0.393 e. The number of halogens is 4. The number of piperidine rings is 1. The Balaban J connectivity index is 1.34. The minimum atomic E-state index is -4.35. The number of hydrogen-bond donors (Lipinski definition) is 1. The van der Waals surface area contributed by atoms with Gasteiger partial charge >= 0.3 is 6.18 Å². The van der Waals surface area contributed by atoms with Gasteiger partial charge in [-0.05, 0) is 36.4 Å². The summed E-state index contributed by atoms with van der Waals surface area (Å²) >= 11 is 0. The first-order valence-corrected chi connectivity index (χ1v) is 11.0. The van der Waals surface area contributed by atoms with Crippen LogP contribution in [-0.4, -0.2) is 50.4 Å². The van der Waals surface area contributed by atoms with Crippen LogP contribution in [0.1, 0.15) is 19.8 Å². The number of methoxy groups -OCH3 is 1. The van der Waals surface area contributed by atoms with E-state index in [1.54, 1.807) is 43.5 Å². The number of aliphatic hydroxyl groups excluding tert-OH is 1. The van der Waals surface area contributed by atoms with E-state index in [1.165, 1.54) is 17.9 Å². The highest BCUT2D eigenvalue weighted by molar-refractivity contribution is 5.53. The van der Waals surface area contributed by atoms with E-state index in [2.05, 4.69) is 0 Å². The van der Waals surface area contributed by atoms with Crippen LogP contribution in [0, 0.1) is 17.7 Å². The third-order valence-corrected chi connectivity index (χ3v) is 6.65. The third-order valence-electron chi connectivity index (χ3n) is 6.65. The van der Waals surface area contributed by atoms with Crippen LogP contribution in [0.5, 0.6) is 11.5 Å². The van der Waals surface area contributed by atoms with Crippen LogP contribution in [0.15, 0.2) is 42.5 Å². The molecule has 3 atom stereocenters. The molecule has 0 spiro atoms. The molecule has 5 nitrogen and oxygen atoms in total. The van der Waals surface area contributed by atoms with Gasteiger partial charge in [0.15, 0.2) is 0 Å². The van der Waals surface area contributed by atoms with Gasteiger partial charge in [0.05, 0.1) is 18.7 Å². The van der Waals surface area contributed by atoms with Gasteiger partial charge in [0, 0.05) is 50.1 Å². The molecule has 2 saturated heterocycles. The maximum absolute atomic E-state index is 14.2. The van der Waals surface area contributed by atoms with Crippen molar-refractivity contribution in [1.29, 1.82) is 0 Å². The molecule has 33 heavy (non-hydrogen) atoms. The van der Waals surface area contributed by atoms with E-state index in [4.69, 9.17) is 9.47 Å². The van der Waals surface area contributed by atoms with E-state index in [9.17, 15) is 22.7 Å². The fraction of sp³-hybridized carbons (Fsp3) is 0.500. The third kappa shape index (κ3) is 4.98. The predicted octanol–water partition coefficient (Wildman–Crippen LogP) is 4.84. The van der Waals surface area contributed by atoms with E-state index in [0.717, 1.165) is 0 Å². The highest BCUT2D eigenvalue weighted by Gasteiger charge is 2.52. The number of nitrogens with zero attached hydrogens (tertiary/aromatic N) is 2. The lowest BCUT2D eigenvalue weighted by Crippen LogP contribution is -2.38. The van der Waals surface area contributed by atoms with Crippen molar-refractivity contribution in [3.63, 3.8) is 0 Å². The normalized spacial score (nSPS) is 24.3. The molecule has 3 unspecified atom stereocenters. The minimum Gasteiger partial charge on any atom is -0.497 e. The van der Waals surface area contributed by atoms with Crippen molar-refractivity contribution in [2.75, 3.05) is 36.5 Å². The average Bonchev–Trinajstić information content (AvgIpc) is 3.10. The van der Waals surface area contributed by atoms with Crippen LogP contribution in [0.25, 0.3) is 0 Å². The molecule has 2 aromatic rings. The lowest BCUT2D eigenvalue weighted by Gasteiger charge is -2.34. The summed E-state index contributed by atoms with van der Waals surface area (Å²) in [4.78, 5) is 3.35. The van der Waals surface area contributed by atoms with E-state index < -0.39 is 24.2 Å². The standard InChI is InChI=1S/C24H28F4N2O3/c1-15-20(24(26,27)28)14-30(23(15)31)16-3-5-17(6-4-16)33-18-9-11-29(12-10-18)22-13-19(32-2)7-8-21(22)25/h3-8,13,15,18,20,23,31H,9-12,14H2,1-2H3. The Labute approximate surface area is 190 Å². The summed E-state index contributed by atoms with van der Waals surface area (Å²) in [6.07, 6.45) is -4.18. The van der Waals surface area contributed by atoms with E-state index >= 15 is 0 Å². The number of aliphatic hydroxyl groups is 1. The first-order valence-electron chi connectivity index (χ1n) is 11.0. The fourth-order valence-corrected chi connectivity index (χ4v) is 4.62. The summed E-state index contributed by atoms with van der Waals surface area (Å²) in [7, 11) is 1.54. The molecule has 0 aromatic heterocycles. The second kappa shape index (κ2) is 9.29. The Morgan fingerprint density at radius 2 is 1.64 bits per heavy atom. The number of hydrogen-bond acceptors (Lipinski definition) is 5. The molecule has 0 saturated carbocycles. The highest BCUT2D eigenvalue weighted by Crippen LogP contribution is 2.42. The van der Waals surface area contributed by atoms with Gasteiger partial charge in [0.2, 0.25) is 0 Å². The van der Waals surface area contributed by atoms with Crippen molar-refractivity contribution in [2.24, 2.45) is 11.8 Å². The SMILES string of the molecule is COc1ccc(F)c(N2CCC(Oc3ccc(N4CC(C(F)(F)F)C(C)C4O)cc3)CC2)c1. The van der Waals surface area contributed by atoms with Crippen LogP contribution in [-0.2, 0) is 0 Å². The van der Waals surface area contributed by atoms with Gasteiger partial charge in [-0.15, -0.1) is 0 Å². The number of alkyl halides is 3. The summed E-state index contributed by atoms with van der Waals surface area (Å²) in [5.74, 6) is -1.55. The number of anilines is 2. The maximum atomic E-state index is 14.2. The van der Waals surface area contributed by atoms with Crippen molar-refractivity contribution in [3.05, 3.63) is 48.3 Å². The second-order valence-electron chi connectivity index (χ2n) is 8.69. The summed E-state index contributed by atoms with van der Waals surface area (Å²) < 4.78 is 65.1. The molecule has 4 rings (SSSR count). The molecule has 2 heterocycles. The lowest BCUT2D eigenvalue weighted by atomic mass is 9.97. The van der Waals surface area contributed by atoms with Gasteiger partial charge in [-0.2, -0.15) is 13.2 Å². The first-order chi connectivity index (χ1) is 15.7. The molecule has 2 aliphatic rings. The van der Waals surface area contributed by atoms with Crippen LogP contribution in [0.4, 0.5) is 28.9 Å². The first kappa shape index (κ1) is 23.5. The fourth-order valence-electron chi connectivity index (χ4n) is 4.62. The summed E-state index contributed by atoms with van der Waals surface area (Å²) in [6.45, 7) is 2.41. The van der Waals surface area contributed by atoms with Gasteiger partial charge in [-0.25, -0.2) is 4.39 Å². The van der Waals surface area contributed by atoms with Crippen molar-refractivity contribution in [3.8, 4) is 11.5 Å². The zero-order valence-electron chi connectivity index (χ0n) is 18.6. The van der Waals surface area contributed by atoms with Crippen LogP contribution >= 0.6 is 0 Å². The molecule has 2 aliphatic heterocycles. The quantitative estimate of drug-likeness (QED) is 0.637. The zero-order chi connectivity index (χ0) is 23.8. The monoisotopic (exact) mass is 468 g/mol. The Morgan fingerprint density at radius 3 is 2.21 bits per heavy atom. The number of rotatable bonds is 5. The van der Waals surface area contributed by atoms with Gasteiger partial charge in [0.1, 0.15) is 29.6 Å². The topological polar surface area (TPSA) is 45.2 Å². The summed E-state index contributed by atoms with van der Waals surface area (Å²) in [5, 5.41) is 10.3. The van der Waals surface area contributed by atoms with Crippen LogP contribution in [0.3, 0.4) is 0 Å².